The normalized spacial score (nSPS) is 26.5. The molecule has 1 aromatic carbocycles. The number of benzene rings is 1. The maximum atomic E-state index is 12.8. The molecule has 2 fully saturated rings. The molecule has 25 heavy (non-hydrogen) atoms. The summed E-state index contributed by atoms with van der Waals surface area (Å²) in [6.45, 7) is 1.48. The number of carbonyl (C=O) groups is 2. The van der Waals surface area contributed by atoms with Gasteiger partial charge in [-0.15, -0.1) is 0 Å². The lowest BCUT2D eigenvalue weighted by molar-refractivity contribution is -0.135. The van der Waals surface area contributed by atoms with E-state index in [1.165, 1.54) is 36.8 Å². The van der Waals surface area contributed by atoms with Crippen molar-refractivity contribution in [3.05, 3.63) is 35.4 Å². The Morgan fingerprint density at radius 3 is 2.44 bits per heavy atom. The summed E-state index contributed by atoms with van der Waals surface area (Å²) in [5, 5.41) is 3.21. The van der Waals surface area contributed by atoms with Crippen molar-refractivity contribution in [2.45, 2.75) is 64.0 Å². The molecule has 0 radical (unpaired) electrons. The summed E-state index contributed by atoms with van der Waals surface area (Å²) < 4.78 is 0. The summed E-state index contributed by atoms with van der Waals surface area (Å²) in [7, 11) is 0. The fraction of sp³-hybridized carbons (Fsp3) is 0.619. The van der Waals surface area contributed by atoms with Gasteiger partial charge in [-0.1, -0.05) is 49.9 Å². The van der Waals surface area contributed by atoms with Gasteiger partial charge in [-0.2, -0.15) is 0 Å². The van der Waals surface area contributed by atoms with Crippen molar-refractivity contribution in [1.82, 2.24) is 10.2 Å². The molecule has 2 saturated carbocycles. The molecule has 0 bridgehead atoms. The Morgan fingerprint density at radius 1 is 0.960 bits per heavy atom. The van der Waals surface area contributed by atoms with Gasteiger partial charge in [0.15, 0.2) is 0 Å². The van der Waals surface area contributed by atoms with E-state index in [9.17, 15) is 9.59 Å². The standard InChI is InChI=1S/C21H28N2O2/c24-20(22-17-9-3-1-2-4-10-17)18-13-19(18)21(25)23-12-11-15-7-5-6-8-16(15)14-23/h5-8,17-19H,1-4,9-14H2,(H,22,24). The minimum atomic E-state index is -0.0899. The van der Waals surface area contributed by atoms with Crippen LogP contribution >= 0.6 is 0 Å². The van der Waals surface area contributed by atoms with Crippen LogP contribution in [0, 0.1) is 11.8 Å². The molecule has 2 amide bonds. The second kappa shape index (κ2) is 7.19. The van der Waals surface area contributed by atoms with Crippen molar-refractivity contribution in [1.29, 1.82) is 0 Å². The molecule has 1 heterocycles. The van der Waals surface area contributed by atoms with Gasteiger partial charge in [-0.3, -0.25) is 9.59 Å². The number of hydrogen-bond acceptors (Lipinski definition) is 2. The number of nitrogens with one attached hydrogen (secondary N) is 1. The predicted molar refractivity (Wildman–Crippen MR) is 96.8 cm³/mol. The highest BCUT2D eigenvalue weighted by Gasteiger charge is 2.50. The highest BCUT2D eigenvalue weighted by molar-refractivity contribution is 5.92. The van der Waals surface area contributed by atoms with E-state index >= 15 is 0 Å². The molecular formula is C21H28N2O2. The molecule has 0 spiro atoms. The zero-order valence-corrected chi connectivity index (χ0v) is 14.9. The second-order valence-corrected chi connectivity index (χ2v) is 7.92. The van der Waals surface area contributed by atoms with Gasteiger partial charge in [-0.05, 0) is 36.8 Å². The quantitative estimate of drug-likeness (QED) is 0.860. The molecule has 2 atom stereocenters. The molecule has 1 aliphatic heterocycles. The fourth-order valence-corrected chi connectivity index (χ4v) is 4.41. The topological polar surface area (TPSA) is 49.4 Å². The van der Waals surface area contributed by atoms with Gasteiger partial charge in [0, 0.05) is 19.1 Å². The lowest BCUT2D eigenvalue weighted by atomic mass is 9.99. The largest absolute Gasteiger partial charge is 0.353 e. The molecule has 4 nitrogen and oxygen atoms in total. The summed E-state index contributed by atoms with van der Waals surface area (Å²) in [5.74, 6) is 0.113. The van der Waals surface area contributed by atoms with Crippen LogP contribution in [-0.2, 0) is 22.6 Å². The number of amides is 2. The van der Waals surface area contributed by atoms with E-state index in [0.717, 1.165) is 32.2 Å². The van der Waals surface area contributed by atoms with E-state index in [2.05, 4.69) is 23.5 Å². The summed E-state index contributed by atoms with van der Waals surface area (Å²) in [4.78, 5) is 27.2. The molecule has 2 unspecified atom stereocenters. The highest BCUT2D eigenvalue weighted by Crippen LogP contribution is 2.41. The zero-order chi connectivity index (χ0) is 17.2. The Hall–Kier alpha value is -1.84. The van der Waals surface area contributed by atoms with Crippen LogP contribution in [-0.4, -0.2) is 29.3 Å². The lowest BCUT2D eigenvalue weighted by Crippen LogP contribution is -2.39. The zero-order valence-electron chi connectivity index (χ0n) is 14.9. The van der Waals surface area contributed by atoms with E-state index in [1.54, 1.807) is 0 Å². The molecule has 134 valence electrons. The van der Waals surface area contributed by atoms with Gasteiger partial charge in [0.05, 0.1) is 11.8 Å². The predicted octanol–water partition coefficient (Wildman–Crippen LogP) is 3.05. The van der Waals surface area contributed by atoms with Crippen molar-refractivity contribution in [3.63, 3.8) is 0 Å². The van der Waals surface area contributed by atoms with Gasteiger partial charge in [-0.25, -0.2) is 0 Å². The van der Waals surface area contributed by atoms with Crippen LogP contribution in [0.5, 0.6) is 0 Å². The summed E-state index contributed by atoms with van der Waals surface area (Å²) in [5.41, 5.74) is 2.60. The molecule has 0 aromatic heterocycles. The van der Waals surface area contributed by atoms with Crippen molar-refractivity contribution in [2.24, 2.45) is 11.8 Å². The average Bonchev–Trinajstić information content (AvgIpc) is 3.45. The SMILES string of the molecule is O=C(NC1CCCCCC1)C1CC1C(=O)N1CCc2ccccc2C1. The number of hydrogen-bond donors (Lipinski definition) is 1. The van der Waals surface area contributed by atoms with Crippen molar-refractivity contribution in [2.75, 3.05) is 6.54 Å². The monoisotopic (exact) mass is 340 g/mol. The first-order valence-electron chi connectivity index (χ1n) is 9.88. The number of carbonyl (C=O) groups excluding carboxylic acids is 2. The maximum Gasteiger partial charge on any atom is 0.226 e. The van der Waals surface area contributed by atoms with Gasteiger partial charge >= 0.3 is 0 Å². The first-order chi connectivity index (χ1) is 12.2. The minimum absolute atomic E-state index is 0.0870. The Morgan fingerprint density at radius 2 is 1.68 bits per heavy atom. The third-order valence-corrected chi connectivity index (χ3v) is 6.09. The molecule has 0 saturated heterocycles. The highest BCUT2D eigenvalue weighted by atomic mass is 16.2. The minimum Gasteiger partial charge on any atom is -0.353 e. The van der Waals surface area contributed by atoms with E-state index in [1.807, 2.05) is 11.0 Å². The fourth-order valence-electron chi connectivity index (χ4n) is 4.41. The smallest absolute Gasteiger partial charge is 0.226 e. The van der Waals surface area contributed by atoms with Gasteiger partial charge in [0.25, 0.3) is 0 Å². The molecule has 4 heteroatoms. The Labute approximate surface area is 150 Å². The Kier molecular flexibility index (Phi) is 4.78. The van der Waals surface area contributed by atoms with E-state index in [4.69, 9.17) is 0 Å². The van der Waals surface area contributed by atoms with Crippen molar-refractivity contribution in [3.8, 4) is 0 Å². The molecule has 1 N–H and O–H groups in total. The first kappa shape index (κ1) is 16.6. The van der Waals surface area contributed by atoms with Crippen LogP contribution in [0.25, 0.3) is 0 Å². The van der Waals surface area contributed by atoms with Crippen LogP contribution < -0.4 is 5.32 Å². The van der Waals surface area contributed by atoms with Crippen molar-refractivity contribution >= 4 is 11.8 Å². The number of rotatable bonds is 3. The van der Waals surface area contributed by atoms with Crippen LogP contribution in [0.15, 0.2) is 24.3 Å². The second-order valence-electron chi connectivity index (χ2n) is 7.92. The van der Waals surface area contributed by atoms with Crippen LogP contribution in [0.3, 0.4) is 0 Å². The molecule has 3 aliphatic rings. The molecular weight excluding hydrogens is 312 g/mol. The maximum absolute atomic E-state index is 12.8. The van der Waals surface area contributed by atoms with Crippen LogP contribution in [0.1, 0.15) is 56.1 Å². The molecule has 2 aliphatic carbocycles. The summed E-state index contributed by atoms with van der Waals surface area (Å²) in [6, 6.07) is 8.68. The van der Waals surface area contributed by atoms with Crippen LogP contribution in [0.4, 0.5) is 0 Å². The van der Waals surface area contributed by atoms with Gasteiger partial charge < -0.3 is 10.2 Å². The number of nitrogens with zero attached hydrogens (tertiary/aromatic N) is 1. The van der Waals surface area contributed by atoms with Gasteiger partial charge in [0.1, 0.15) is 0 Å². The Balaban J connectivity index is 1.30. The third-order valence-electron chi connectivity index (χ3n) is 6.09. The van der Waals surface area contributed by atoms with Gasteiger partial charge in [0.2, 0.25) is 11.8 Å². The van der Waals surface area contributed by atoms with E-state index in [-0.39, 0.29) is 23.7 Å². The first-order valence-corrected chi connectivity index (χ1v) is 9.88. The molecule has 1 aromatic rings. The lowest BCUT2D eigenvalue weighted by Gasteiger charge is -2.29. The summed E-state index contributed by atoms with van der Waals surface area (Å²) in [6.07, 6.45) is 8.85. The third kappa shape index (κ3) is 3.73. The van der Waals surface area contributed by atoms with E-state index in [0.29, 0.717) is 12.6 Å². The van der Waals surface area contributed by atoms with Crippen LogP contribution in [0.2, 0.25) is 0 Å². The van der Waals surface area contributed by atoms with E-state index < -0.39 is 0 Å². The summed E-state index contributed by atoms with van der Waals surface area (Å²) >= 11 is 0. The number of fused-ring (bicyclic) bond motifs is 1. The molecule has 4 rings (SSSR count). The van der Waals surface area contributed by atoms with Crippen molar-refractivity contribution < 1.29 is 9.59 Å². The Bertz CT molecular complexity index is 649. The average molecular weight is 340 g/mol.